The SMILES string of the molecule is CC(C)(C)c1ccc2c(c1)c1ccccc1n2-c1c(C#N)c(-c2nc(-c3ccccc3)nc(-c3ccccc3)n2)c(-n2c3ccccc3c3cc(C(C)(C)C)ccc32)c(-n2c3ccccc3c3cc(C(C)(C)C)ccc32)c1-n1c2ccccc2c2cc(C(C)(C)C)ccc21. The summed E-state index contributed by atoms with van der Waals surface area (Å²) in [6, 6.07) is 86.7. The molecule has 5 aromatic heterocycles. The summed E-state index contributed by atoms with van der Waals surface area (Å²) in [6.45, 7) is 27.4. The number of nitriles is 1. The molecule has 458 valence electrons. The maximum Gasteiger partial charge on any atom is 0.167 e. The normalized spacial score (nSPS) is 12.7. The molecule has 0 N–H and O–H groups in total. The van der Waals surface area contributed by atoms with Crippen LogP contribution in [0.5, 0.6) is 0 Å². The van der Waals surface area contributed by atoms with Gasteiger partial charge >= 0.3 is 0 Å². The van der Waals surface area contributed by atoms with Crippen LogP contribution in [0.4, 0.5) is 0 Å². The van der Waals surface area contributed by atoms with Crippen molar-refractivity contribution in [3.8, 4) is 63.0 Å². The number of nitrogens with zero attached hydrogens (tertiary/aromatic N) is 8. The first kappa shape index (κ1) is 58.2. The Hall–Kier alpha value is -10.9. The Morgan fingerprint density at radius 2 is 0.521 bits per heavy atom. The number of hydrogen-bond acceptors (Lipinski definition) is 4. The Balaban J connectivity index is 1.27. The average Bonchev–Trinajstić information content (AvgIpc) is 1.45. The Morgan fingerprint density at radius 3 is 0.830 bits per heavy atom. The van der Waals surface area contributed by atoms with E-state index in [9.17, 15) is 5.26 Å². The predicted molar refractivity (Wildman–Crippen MR) is 393 cm³/mol. The van der Waals surface area contributed by atoms with Gasteiger partial charge in [-0.2, -0.15) is 5.26 Å². The van der Waals surface area contributed by atoms with E-state index in [2.05, 4.69) is 302 Å². The van der Waals surface area contributed by atoms with E-state index >= 15 is 0 Å². The maximum absolute atomic E-state index is 13.4. The molecular weight excluding hydrogens is 1150 g/mol. The van der Waals surface area contributed by atoms with Crippen molar-refractivity contribution in [2.75, 3.05) is 0 Å². The van der Waals surface area contributed by atoms with Crippen molar-refractivity contribution in [1.29, 1.82) is 5.26 Å². The summed E-state index contributed by atoms with van der Waals surface area (Å²) < 4.78 is 9.86. The van der Waals surface area contributed by atoms with Crippen LogP contribution < -0.4 is 0 Å². The Bertz CT molecular complexity index is 5780. The van der Waals surface area contributed by atoms with Gasteiger partial charge in [0.15, 0.2) is 17.5 Å². The van der Waals surface area contributed by atoms with Gasteiger partial charge in [0.05, 0.1) is 78.0 Å². The van der Waals surface area contributed by atoms with E-state index in [0.717, 1.165) is 115 Å². The smallest absolute Gasteiger partial charge is 0.167 e. The highest BCUT2D eigenvalue weighted by Gasteiger charge is 2.37. The number of rotatable bonds is 7. The second-order valence-corrected chi connectivity index (χ2v) is 29.6. The van der Waals surface area contributed by atoms with Crippen molar-refractivity contribution in [1.82, 2.24) is 33.2 Å². The van der Waals surface area contributed by atoms with Crippen LogP contribution >= 0.6 is 0 Å². The topological polar surface area (TPSA) is 82.2 Å². The first-order valence-electron chi connectivity index (χ1n) is 32.8. The van der Waals surface area contributed by atoms with Crippen LogP contribution in [0.15, 0.2) is 231 Å². The van der Waals surface area contributed by atoms with Gasteiger partial charge in [0.1, 0.15) is 6.07 Å². The molecule has 0 aliphatic rings. The van der Waals surface area contributed by atoms with Crippen LogP contribution in [0.2, 0.25) is 0 Å². The van der Waals surface area contributed by atoms with Crippen molar-refractivity contribution in [3.63, 3.8) is 0 Å². The van der Waals surface area contributed by atoms with Gasteiger partial charge in [-0.15, -0.1) is 0 Å². The van der Waals surface area contributed by atoms with Crippen LogP contribution in [-0.2, 0) is 21.7 Å². The summed E-state index contributed by atoms with van der Waals surface area (Å²) in [5.41, 5.74) is 17.7. The fourth-order valence-corrected chi connectivity index (χ4v) is 14.5. The van der Waals surface area contributed by atoms with Gasteiger partial charge in [0.25, 0.3) is 0 Å². The zero-order valence-corrected chi connectivity index (χ0v) is 55.5. The molecule has 0 fully saturated rings. The lowest BCUT2D eigenvalue weighted by Crippen LogP contribution is -2.18. The number of para-hydroxylation sites is 4. The van der Waals surface area contributed by atoms with Gasteiger partial charge in [0.2, 0.25) is 0 Å². The molecule has 0 atom stereocenters. The average molecular weight is 1220 g/mol. The largest absolute Gasteiger partial charge is 0.306 e. The van der Waals surface area contributed by atoms with Crippen molar-refractivity contribution < 1.29 is 0 Å². The Labute approximate surface area is 548 Å². The van der Waals surface area contributed by atoms with Crippen LogP contribution in [-0.4, -0.2) is 33.2 Å². The highest BCUT2D eigenvalue weighted by Crippen LogP contribution is 2.53. The second kappa shape index (κ2) is 21.1. The first-order chi connectivity index (χ1) is 45.2. The molecule has 94 heavy (non-hydrogen) atoms. The van der Waals surface area contributed by atoms with Gasteiger partial charge in [-0.3, -0.25) is 0 Å². The predicted octanol–water partition coefficient (Wildman–Crippen LogP) is 22.3. The molecule has 0 amide bonds. The minimum atomic E-state index is -0.169. The minimum Gasteiger partial charge on any atom is -0.306 e. The number of hydrogen-bond donors (Lipinski definition) is 0. The third-order valence-electron chi connectivity index (χ3n) is 19.5. The van der Waals surface area contributed by atoms with Crippen LogP contribution in [0.3, 0.4) is 0 Å². The Morgan fingerprint density at radius 1 is 0.266 bits per heavy atom. The van der Waals surface area contributed by atoms with E-state index < -0.39 is 0 Å². The lowest BCUT2D eigenvalue weighted by Gasteiger charge is -2.29. The second-order valence-electron chi connectivity index (χ2n) is 29.6. The molecule has 0 bridgehead atoms. The van der Waals surface area contributed by atoms with Crippen LogP contribution in [0, 0.1) is 11.3 Å². The molecule has 0 spiro atoms. The van der Waals surface area contributed by atoms with E-state index in [0.29, 0.717) is 34.3 Å². The minimum absolute atomic E-state index is 0.161. The monoisotopic (exact) mass is 1220 g/mol. The van der Waals surface area contributed by atoms with E-state index in [1.165, 1.54) is 22.3 Å². The molecule has 16 aromatic rings. The molecule has 0 aliphatic carbocycles. The molecule has 0 saturated carbocycles. The molecule has 16 rings (SSSR count). The number of fused-ring (bicyclic) bond motifs is 12. The maximum atomic E-state index is 13.4. The Kier molecular flexibility index (Phi) is 13.1. The molecule has 8 heteroatoms. The lowest BCUT2D eigenvalue weighted by atomic mass is 9.86. The van der Waals surface area contributed by atoms with Crippen LogP contribution in [0.25, 0.3) is 144 Å². The van der Waals surface area contributed by atoms with Gasteiger partial charge in [0, 0.05) is 54.2 Å². The highest BCUT2D eigenvalue weighted by atomic mass is 15.2. The molecule has 0 unspecified atom stereocenters. The first-order valence-corrected chi connectivity index (χ1v) is 32.8. The summed E-state index contributed by atoms with van der Waals surface area (Å²) in [5.74, 6) is 1.33. The third-order valence-corrected chi connectivity index (χ3v) is 19.5. The van der Waals surface area contributed by atoms with E-state index in [4.69, 9.17) is 15.0 Å². The summed E-state index contributed by atoms with van der Waals surface area (Å²) in [7, 11) is 0. The van der Waals surface area contributed by atoms with Gasteiger partial charge < -0.3 is 18.3 Å². The fourth-order valence-electron chi connectivity index (χ4n) is 14.5. The zero-order chi connectivity index (χ0) is 64.9. The summed E-state index contributed by atoms with van der Waals surface area (Å²) in [6.07, 6.45) is 0. The lowest BCUT2D eigenvalue weighted by molar-refractivity contribution is 0.591. The van der Waals surface area contributed by atoms with Gasteiger partial charge in [-0.05, 0) is 117 Å². The molecule has 0 saturated heterocycles. The van der Waals surface area contributed by atoms with E-state index in [1.807, 2.05) is 36.4 Å². The standard InChI is InChI=1S/C86H74N8/c1-83(2,3)54-39-43-71-62(47-54)58-31-19-23-35-67(58)91(71)76-66(51-87)75(82-89-80(52-27-15-13-16-28-52)88-81(90-82)53-29-17-14-18-30-53)77(92-68-36-24-20-32-59(68)63-48-55(84(4,5)6)40-44-72(63)92)79(94-70-38-26-22-34-61(70)65-50-57(86(10,11)12)42-46-74(65)94)78(76)93-69-37-25-21-33-60(69)64-49-56(85(7,8)9)41-45-73(64)93/h13-50H,1-12H3. The highest BCUT2D eigenvalue weighted by molar-refractivity contribution is 6.17. The third kappa shape index (κ3) is 9.11. The van der Waals surface area contributed by atoms with Crippen molar-refractivity contribution in [2.45, 2.75) is 105 Å². The fraction of sp³-hybridized carbons (Fsp3) is 0.186. The van der Waals surface area contributed by atoms with E-state index in [1.54, 1.807) is 0 Å². The van der Waals surface area contributed by atoms with Gasteiger partial charge in [-0.25, -0.2) is 15.0 Å². The molecule has 0 radical (unpaired) electrons. The molecule has 8 nitrogen and oxygen atoms in total. The summed E-state index contributed by atoms with van der Waals surface area (Å²) >= 11 is 0. The van der Waals surface area contributed by atoms with Crippen molar-refractivity contribution in [3.05, 3.63) is 258 Å². The molecular formula is C86H74N8. The van der Waals surface area contributed by atoms with Crippen molar-refractivity contribution in [2.24, 2.45) is 0 Å². The van der Waals surface area contributed by atoms with Crippen LogP contribution in [0.1, 0.15) is 111 Å². The van der Waals surface area contributed by atoms with Crippen molar-refractivity contribution >= 4 is 87.2 Å². The summed E-state index contributed by atoms with van der Waals surface area (Å²) in [4.78, 5) is 16.9. The summed E-state index contributed by atoms with van der Waals surface area (Å²) in [5, 5.41) is 22.2. The van der Waals surface area contributed by atoms with Gasteiger partial charge in [-0.1, -0.05) is 241 Å². The zero-order valence-electron chi connectivity index (χ0n) is 55.5. The molecule has 11 aromatic carbocycles. The quantitative estimate of drug-likeness (QED) is 0.159. The number of aromatic nitrogens is 7. The molecule has 5 heterocycles. The molecule has 0 aliphatic heterocycles. The van der Waals surface area contributed by atoms with E-state index in [-0.39, 0.29) is 21.7 Å². The number of benzene rings is 11.